The van der Waals surface area contributed by atoms with Gasteiger partial charge in [0.2, 0.25) is 4.33 Å². The summed E-state index contributed by atoms with van der Waals surface area (Å²) >= 11 is 16.3. The molecule has 0 aliphatic rings. The van der Waals surface area contributed by atoms with Gasteiger partial charge in [0, 0.05) is 11.8 Å². The molecule has 0 aromatic rings. The highest BCUT2D eigenvalue weighted by Crippen LogP contribution is 2.47. The van der Waals surface area contributed by atoms with Gasteiger partial charge in [-0.1, -0.05) is 37.0 Å². The van der Waals surface area contributed by atoms with Crippen molar-refractivity contribution in [3.05, 3.63) is 0 Å². The Morgan fingerprint density at radius 1 is 1.28 bits per heavy atom. The second kappa shape index (κ2) is 6.06. The third-order valence-electron chi connectivity index (χ3n) is 2.53. The van der Waals surface area contributed by atoms with E-state index in [4.69, 9.17) is 34.8 Å². The Labute approximate surface area is 119 Å². The van der Waals surface area contributed by atoms with E-state index >= 15 is 0 Å². The minimum Gasteiger partial charge on any atom is -0.469 e. The topological polar surface area (TPSA) is 26.3 Å². The van der Waals surface area contributed by atoms with E-state index in [2.05, 4.69) is 4.74 Å². The van der Waals surface area contributed by atoms with Crippen LogP contribution in [0.5, 0.6) is 0 Å². The van der Waals surface area contributed by atoms with Gasteiger partial charge in [0.1, 0.15) is 0 Å². The number of methoxy groups -OCH3 is 1. The Kier molecular flexibility index (Phi) is 6.10. The van der Waals surface area contributed by atoms with E-state index in [-0.39, 0.29) is 6.42 Å². The van der Waals surface area contributed by atoms with E-state index in [0.717, 1.165) is 0 Å². The molecule has 0 saturated heterocycles. The fourth-order valence-corrected chi connectivity index (χ4v) is 1.95. The molecule has 0 bridgehead atoms. The average molecular weight is 330 g/mol. The van der Waals surface area contributed by atoms with Crippen LogP contribution in [0.4, 0.5) is 13.2 Å². The van der Waals surface area contributed by atoms with Crippen molar-refractivity contribution in [2.45, 2.75) is 42.6 Å². The molecule has 1 atom stereocenters. The van der Waals surface area contributed by atoms with Gasteiger partial charge >= 0.3 is 12.1 Å². The average Bonchev–Trinajstić information content (AvgIpc) is 2.14. The number of alkyl halides is 6. The molecule has 0 radical (unpaired) electrons. The van der Waals surface area contributed by atoms with Gasteiger partial charge in [0.05, 0.1) is 13.5 Å². The summed E-state index contributed by atoms with van der Waals surface area (Å²) in [5.74, 6) is -0.563. The van der Waals surface area contributed by atoms with E-state index in [1.165, 1.54) is 7.11 Å². The third kappa shape index (κ3) is 5.02. The van der Waals surface area contributed by atoms with Crippen molar-refractivity contribution in [1.29, 1.82) is 0 Å². The summed E-state index contributed by atoms with van der Waals surface area (Å²) in [7, 11) is 1.19. The number of ether oxygens (including phenoxy) is 1. The van der Waals surface area contributed by atoms with Crippen LogP contribution in [-0.2, 0) is 9.53 Å². The Morgan fingerprint density at radius 2 is 1.72 bits per heavy atom. The molecule has 1 unspecified atom stereocenters. The maximum Gasteiger partial charge on any atom is 0.421 e. The minimum atomic E-state index is -4.79. The monoisotopic (exact) mass is 328 g/mol. The molecule has 108 valence electrons. The molecule has 0 aliphatic heterocycles. The van der Waals surface area contributed by atoms with E-state index in [1.54, 1.807) is 13.8 Å². The van der Waals surface area contributed by atoms with Crippen LogP contribution < -0.4 is 0 Å². The molecule has 0 fully saturated rings. The van der Waals surface area contributed by atoms with Crippen molar-refractivity contribution < 1.29 is 22.7 Å². The minimum absolute atomic E-state index is 0.126. The molecule has 8 heteroatoms. The number of carbonyl (C=O) groups excluding carboxylic acids is 1. The number of hydrogen-bond acceptors (Lipinski definition) is 2. The van der Waals surface area contributed by atoms with Crippen molar-refractivity contribution in [2.75, 3.05) is 7.11 Å². The molecule has 0 aromatic heterocycles. The summed E-state index contributed by atoms with van der Waals surface area (Å²) in [6, 6.07) is 0. The Morgan fingerprint density at radius 3 is 2.06 bits per heavy atom. The predicted molar refractivity (Wildman–Crippen MR) is 65.2 cm³/mol. The fraction of sp³-hybridized carbons (Fsp3) is 0.900. The molecule has 0 rings (SSSR count). The van der Waals surface area contributed by atoms with Crippen molar-refractivity contribution >= 4 is 40.8 Å². The first-order valence-electron chi connectivity index (χ1n) is 4.99. The number of esters is 1. The Balaban J connectivity index is 4.75. The second-order valence-corrected chi connectivity index (χ2v) is 6.63. The molecule has 18 heavy (non-hydrogen) atoms. The Hall–Kier alpha value is 0.130. The van der Waals surface area contributed by atoms with Gasteiger partial charge < -0.3 is 4.74 Å². The molecular formula is C10H14Cl3F3O2. The highest BCUT2D eigenvalue weighted by atomic mass is 35.5. The molecule has 0 aliphatic carbocycles. The zero-order valence-electron chi connectivity index (χ0n) is 10.1. The summed E-state index contributed by atoms with van der Waals surface area (Å²) in [4.78, 5) is 11.1. The van der Waals surface area contributed by atoms with Crippen molar-refractivity contribution in [2.24, 2.45) is 5.41 Å². The number of hydrogen-bond donors (Lipinski definition) is 0. The van der Waals surface area contributed by atoms with E-state index in [9.17, 15) is 18.0 Å². The van der Waals surface area contributed by atoms with Crippen LogP contribution in [0.2, 0.25) is 0 Å². The van der Waals surface area contributed by atoms with Crippen LogP contribution in [0.15, 0.2) is 0 Å². The van der Waals surface area contributed by atoms with Crippen LogP contribution in [0.3, 0.4) is 0 Å². The smallest absolute Gasteiger partial charge is 0.421 e. The summed E-state index contributed by atoms with van der Waals surface area (Å²) in [5, 5.41) is -1.03. The maximum absolute atomic E-state index is 12.5. The zero-order valence-corrected chi connectivity index (χ0v) is 12.3. The lowest BCUT2D eigenvalue weighted by Gasteiger charge is -2.33. The highest BCUT2D eigenvalue weighted by molar-refractivity contribution is 6.49. The summed E-state index contributed by atoms with van der Waals surface area (Å²) in [6.07, 6.45) is -5.63. The molecule has 0 spiro atoms. The van der Waals surface area contributed by atoms with E-state index < -0.39 is 33.7 Å². The molecule has 0 aromatic carbocycles. The zero-order chi connectivity index (χ0) is 14.8. The normalized spacial score (nSPS) is 15.4. The quantitative estimate of drug-likeness (QED) is 0.555. The van der Waals surface area contributed by atoms with Gasteiger partial charge in [-0.2, -0.15) is 13.2 Å². The van der Waals surface area contributed by atoms with Gasteiger partial charge in [-0.05, 0) is 5.41 Å². The fourth-order valence-electron chi connectivity index (χ4n) is 1.17. The van der Waals surface area contributed by atoms with Crippen LogP contribution in [0.25, 0.3) is 0 Å². The second-order valence-electron chi connectivity index (χ2n) is 4.62. The summed E-state index contributed by atoms with van der Waals surface area (Å²) < 4.78 is 39.0. The lowest BCUT2D eigenvalue weighted by atomic mass is 9.83. The molecule has 0 amide bonds. The van der Waals surface area contributed by atoms with Crippen LogP contribution in [0, 0.1) is 5.41 Å². The van der Waals surface area contributed by atoms with Gasteiger partial charge in [-0.15, -0.1) is 11.6 Å². The Bertz CT molecular complexity index is 303. The first kappa shape index (κ1) is 18.1. The van der Waals surface area contributed by atoms with E-state index in [1.807, 2.05) is 0 Å². The number of halogens is 6. The largest absolute Gasteiger partial charge is 0.469 e. The van der Waals surface area contributed by atoms with Crippen molar-refractivity contribution in [3.8, 4) is 0 Å². The first-order chi connectivity index (χ1) is 7.83. The molecule has 0 N–H and O–H groups in total. The van der Waals surface area contributed by atoms with Crippen LogP contribution in [0.1, 0.15) is 26.7 Å². The highest BCUT2D eigenvalue weighted by Gasteiger charge is 2.54. The lowest BCUT2D eigenvalue weighted by Crippen LogP contribution is -2.40. The van der Waals surface area contributed by atoms with Crippen LogP contribution in [-0.4, -0.2) is 29.0 Å². The van der Waals surface area contributed by atoms with Crippen LogP contribution >= 0.6 is 34.8 Å². The molecule has 0 heterocycles. The number of carbonyl (C=O) groups is 1. The van der Waals surface area contributed by atoms with Crippen molar-refractivity contribution in [3.63, 3.8) is 0 Å². The lowest BCUT2D eigenvalue weighted by molar-refractivity contribution is -0.145. The summed E-state index contributed by atoms with van der Waals surface area (Å²) in [6.45, 7) is 3.09. The molecular weight excluding hydrogens is 315 g/mol. The predicted octanol–water partition coefficient (Wildman–Crippen LogP) is 4.31. The van der Waals surface area contributed by atoms with Gasteiger partial charge in [-0.3, -0.25) is 4.79 Å². The van der Waals surface area contributed by atoms with E-state index in [0.29, 0.717) is 0 Å². The molecule has 2 nitrogen and oxygen atoms in total. The SMILES string of the molecule is COC(=O)CC(C)(C)C(Cl)CC(Cl)(Cl)C(F)(F)F. The van der Waals surface area contributed by atoms with Gasteiger partial charge in [-0.25, -0.2) is 0 Å². The maximum atomic E-state index is 12.5. The van der Waals surface area contributed by atoms with Gasteiger partial charge in [0.15, 0.2) is 0 Å². The third-order valence-corrected chi connectivity index (χ3v) is 4.01. The molecule has 0 saturated carbocycles. The van der Waals surface area contributed by atoms with Gasteiger partial charge in [0.25, 0.3) is 0 Å². The number of rotatable bonds is 5. The summed E-state index contributed by atoms with van der Waals surface area (Å²) in [5.41, 5.74) is -0.922. The first-order valence-corrected chi connectivity index (χ1v) is 6.18. The standard InChI is InChI=1S/C10H14Cl3F3O2/c1-8(2,5-7(17)18-3)6(11)4-9(12,13)10(14,15)16/h6H,4-5H2,1-3H3. The van der Waals surface area contributed by atoms with Crippen molar-refractivity contribution in [1.82, 2.24) is 0 Å².